The minimum absolute atomic E-state index is 0.230. The minimum atomic E-state index is 0.230. The van der Waals surface area contributed by atoms with E-state index in [-0.39, 0.29) is 5.91 Å². The van der Waals surface area contributed by atoms with E-state index in [0.29, 0.717) is 13.0 Å². The second-order valence-corrected chi connectivity index (χ2v) is 4.89. The van der Waals surface area contributed by atoms with E-state index >= 15 is 0 Å². The Morgan fingerprint density at radius 3 is 2.31 bits per heavy atom. The molecule has 1 saturated carbocycles. The van der Waals surface area contributed by atoms with E-state index in [2.05, 4.69) is 4.90 Å². The lowest BCUT2D eigenvalue weighted by Crippen LogP contribution is -2.51. The van der Waals surface area contributed by atoms with Gasteiger partial charge in [-0.05, 0) is 12.8 Å². The topological polar surface area (TPSA) is 49.6 Å². The normalized spacial score (nSPS) is 23.9. The summed E-state index contributed by atoms with van der Waals surface area (Å²) in [6.45, 7) is 4.38. The minimum Gasteiger partial charge on any atom is -0.340 e. The van der Waals surface area contributed by atoms with Crippen LogP contribution in [0.4, 0.5) is 0 Å². The second-order valence-electron chi connectivity index (χ2n) is 4.89. The Morgan fingerprint density at radius 1 is 1.12 bits per heavy atom. The maximum Gasteiger partial charge on any atom is 0.223 e. The first-order valence-electron chi connectivity index (χ1n) is 6.53. The molecule has 1 saturated heterocycles. The highest BCUT2D eigenvalue weighted by Crippen LogP contribution is 2.24. The third-order valence-corrected chi connectivity index (χ3v) is 3.87. The van der Waals surface area contributed by atoms with Gasteiger partial charge in [0.25, 0.3) is 0 Å². The molecule has 92 valence electrons. The van der Waals surface area contributed by atoms with Crippen molar-refractivity contribution in [3.05, 3.63) is 0 Å². The van der Waals surface area contributed by atoms with E-state index < -0.39 is 0 Å². The molecular formula is C12H23N3O. The number of carbonyl (C=O) groups excluding carboxylic acids is 1. The molecule has 0 aromatic rings. The maximum atomic E-state index is 11.7. The Hall–Kier alpha value is -0.610. The molecular weight excluding hydrogens is 202 g/mol. The van der Waals surface area contributed by atoms with Crippen molar-refractivity contribution in [2.75, 3.05) is 32.7 Å². The van der Waals surface area contributed by atoms with E-state index in [9.17, 15) is 4.79 Å². The van der Waals surface area contributed by atoms with Crippen molar-refractivity contribution in [2.24, 2.45) is 5.73 Å². The molecule has 0 atom stereocenters. The van der Waals surface area contributed by atoms with Crippen LogP contribution in [-0.4, -0.2) is 54.5 Å². The summed E-state index contributed by atoms with van der Waals surface area (Å²) in [7, 11) is 0. The number of nitrogens with zero attached hydrogens (tertiary/aromatic N) is 2. The highest BCUT2D eigenvalue weighted by molar-refractivity contribution is 5.76. The number of rotatable bonds is 3. The monoisotopic (exact) mass is 225 g/mol. The van der Waals surface area contributed by atoms with Gasteiger partial charge in [-0.3, -0.25) is 9.69 Å². The van der Waals surface area contributed by atoms with Crippen molar-refractivity contribution in [1.82, 2.24) is 9.80 Å². The van der Waals surface area contributed by atoms with Crippen LogP contribution < -0.4 is 5.73 Å². The molecule has 4 heteroatoms. The summed E-state index contributed by atoms with van der Waals surface area (Å²) in [6, 6.07) is 0.798. The Kier molecular flexibility index (Phi) is 4.18. The average Bonchev–Trinajstić information content (AvgIpc) is 2.83. The largest absolute Gasteiger partial charge is 0.340 e. The van der Waals surface area contributed by atoms with Gasteiger partial charge in [0, 0.05) is 45.2 Å². The predicted octanol–water partition coefficient (Wildman–Crippen LogP) is 0.422. The van der Waals surface area contributed by atoms with Crippen LogP contribution in [0.2, 0.25) is 0 Å². The zero-order chi connectivity index (χ0) is 11.4. The van der Waals surface area contributed by atoms with Gasteiger partial charge in [0.1, 0.15) is 0 Å². The molecule has 0 aromatic heterocycles. The molecule has 2 N–H and O–H groups in total. The lowest BCUT2D eigenvalue weighted by molar-refractivity contribution is -0.133. The van der Waals surface area contributed by atoms with Crippen LogP contribution in [0.15, 0.2) is 0 Å². The van der Waals surface area contributed by atoms with Crippen LogP contribution in [0.3, 0.4) is 0 Å². The summed E-state index contributed by atoms with van der Waals surface area (Å²) in [5.41, 5.74) is 5.41. The molecule has 1 aliphatic heterocycles. The fraction of sp³-hybridized carbons (Fsp3) is 0.917. The Labute approximate surface area is 97.8 Å². The zero-order valence-corrected chi connectivity index (χ0v) is 10.0. The average molecular weight is 225 g/mol. The van der Waals surface area contributed by atoms with Crippen LogP contribution in [0.25, 0.3) is 0 Å². The van der Waals surface area contributed by atoms with Gasteiger partial charge in [-0.1, -0.05) is 12.8 Å². The van der Waals surface area contributed by atoms with E-state index in [0.717, 1.165) is 32.2 Å². The zero-order valence-electron chi connectivity index (χ0n) is 10.0. The molecule has 2 aliphatic rings. The van der Waals surface area contributed by atoms with Gasteiger partial charge in [-0.2, -0.15) is 0 Å². The molecule has 1 heterocycles. The number of hydrogen-bond donors (Lipinski definition) is 1. The summed E-state index contributed by atoms with van der Waals surface area (Å²) in [6.07, 6.45) is 5.99. The van der Waals surface area contributed by atoms with Gasteiger partial charge in [-0.15, -0.1) is 0 Å². The van der Waals surface area contributed by atoms with Gasteiger partial charge < -0.3 is 10.6 Å². The molecule has 0 bridgehead atoms. The Bertz CT molecular complexity index is 230. The molecule has 1 amide bonds. The van der Waals surface area contributed by atoms with E-state index in [1.54, 1.807) is 0 Å². The SMILES string of the molecule is NCCC(=O)N1CCN(C2CCCC2)CC1. The summed E-state index contributed by atoms with van der Waals surface area (Å²) >= 11 is 0. The van der Waals surface area contributed by atoms with Crippen LogP contribution in [0.1, 0.15) is 32.1 Å². The van der Waals surface area contributed by atoms with Gasteiger partial charge in [0.05, 0.1) is 0 Å². The first kappa shape index (κ1) is 11.9. The van der Waals surface area contributed by atoms with Crippen molar-refractivity contribution in [3.63, 3.8) is 0 Å². The molecule has 0 unspecified atom stereocenters. The van der Waals surface area contributed by atoms with Crippen molar-refractivity contribution in [2.45, 2.75) is 38.1 Å². The van der Waals surface area contributed by atoms with Crippen molar-refractivity contribution in [3.8, 4) is 0 Å². The molecule has 16 heavy (non-hydrogen) atoms. The van der Waals surface area contributed by atoms with Crippen LogP contribution in [0, 0.1) is 0 Å². The predicted molar refractivity (Wildman–Crippen MR) is 64.1 cm³/mol. The van der Waals surface area contributed by atoms with Crippen LogP contribution >= 0.6 is 0 Å². The number of carbonyl (C=O) groups is 1. The molecule has 2 fully saturated rings. The van der Waals surface area contributed by atoms with Gasteiger partial charge in [-0.25, -0.2) is 0 Å². The van der Waals surface area contributed by atoms with Crippen molar-refractivity contribution >= 4 is 5.91 Å². The number of hydrogen-bond acceptors (Lipinski definition) is 3. The highest BCUT2D eigenvalue weighted by Gasteiger charge is 2.27. The lowest BCUT2D eigenvalue weighted by atomic mass is 10.1. The molecule has 4 nitrogen and oxygen atoms in total. The smallest absolute Gasteiger partial charge is 0.223 e. The Balaban J connectivity index is 1.75. The van der Waals surface area contributed by atoms with Crippen molar-refractivity contribution < 1.29 is 4.79 Å². The second kappa shape index (κ2) is 5.64. The van der Waals surface area contributed by atoms with Gasteiger partial charge >= 0.3 is 0 Å². The van der Waals surface area contributed by atoms with Gasteiger partial charge in [0.15, 0.2) is 0 Å². The molecule has 0 radical (unpaired) electrons. The molecule has 1 aliphatic carbocycles. The molecule has 2 rings (SSSR count). The summed E-state index contributed by atoms with van der Waals surface area (Å²) in [5.74, 6) is 0.230. The molecule has 0 aromatic carbocycles. The standard InChI is InChI=1S/C12H23N3O/c13-6-5-12(16)15-9-7-14(8-10-15)11-3-1-2-4-11/h11H,1-10,13H2. The fourth-order valence-electron chi connectivity index (χ4n) is 2.89. The highest BCUT2D eigenvalue weighted by atomic mass is 16.2. The third kappa shape index (κ3) is 2.74. The van der Waals surface area contributed by atoms with E-state index in [1.807, 2.05) is 4.90 Å². The fourth-order valence-corrected chi connectivity index (χ4v) is 2.89. The first-order chi connectivity index (χ1) is 7.81. The quantitative estimate of drug-likeness (QED) is 0.757. The number of amides is 1. The first-order valence-corrected chi connectivity index (χ1v) is 6.53. The summed E-state index contributed by atoms with van der Waals surface area (Å²) in [4.78, 5) is 16.2. The number of nitrogens with two attached hydrogens (primary N) is 1. The van der Waals surface area contributed by atoms with Crippen molar-refractivity contribution in [1.29, 1.82) is 0 Å². The van der Waals surface area contributed by atoms with E-state index in [4.69, 9.17) is 5.73 Å². The Morgan fingerprint density at radius 2 is 1.75 bits per heavy atom. The molecule has 0 spiro atoms. The van der Waals surface area contributed by atoms with E-state index in [1.165, 1.54) is 25.7 Å². The lowest BCUT2D eigenvalue weighted by Gasteiger charge is -2.38. The number of piperazine rings is 1. The third-order valence-electron chi connectivity index (χ3n) is 3.87. The van der Waals surface area contributed by atoms with Gasteiger partial charge in [0.2, 0.25) is 5.91 Å². The summed E-state index contributed by atoms with van der Waals surface area (Å²) in [5, 5.41) is 0. The maximum absolute atomic E-state index is 11.7. The van der Waals surface area contributed by atoms with Crippen LogP contribution in [-0.2, 0) is 4.79 Å². The van der Waals surface area contributed by atoms with Crippen LogP contribution in [0.5, 0.6) is 0 Å². The summed E-state index contributed by atoms with van der Waals surface area (Å²) < 4.78 is 0.